The summed E-state index contributed by atoms with van der Waals surface area (Å²) in [5, 5.41) is 0.965. The van der Waals surface area contributed by atoms with Gasteiger partial charge in [0.25, 0.3) is 0 Å². The van der Waals surface area contributed by atoms with E-state index in [1.54, 1.807) is 13.2 Å². The van der Waals surface area contributed by atoms with Crippen molar-refractivity contribution in [2.75, 3.05) is 20.8 Å². The Morgan fingerprint density at radius 3 is 2.75 bits per heavy atom. The summed E-state index contributed by atoms with van der Waals surface area (Å²) < 4.78 is 10.2. The van der Waals surface area contributed by atoms with Gasteiger partial charge in [-0.15, -0.1) is 0 Å². The number of benzene rings is 2. The van der Waals surface area contributed by atoms with Gasteiger partial charge in [0, 0.05) is 47.2 Å². The van der Waals surface area contributed by atoms with Gasteiger partial charge in [-0.05, 0) is 24.3 Å². The summed E-state index contributed by atoms with van der Waals surface area (Å²) in [5.41, 5.74) is 4.55. The fraction of sp³-hybridized carbons (Fsp3) is 0.273. The molecule has 0 radical (unpaired) electrons. The number of nitrogens with zero attached hydrogens (tertiary/aromatic N) is 1. The highest BCUT2D eigenvalue weighted by atomic mass is 16.5. The predicted molar refractivity (Wildman–Crippen MR) is 105 cm³/mol. The van der Waals surface area contributed by atoms with Gasteiger partial charge >= 0.3 is 5.97 Å². The van der Waals surface area contributed by atoms with Gasteiger partial charge in [0.2, 0.25) is 5.91 Å². The molecule has 6 heteroatoms. The number of hydrogen-bond acceptors (Lipinski definition) is 4. The second-order valence-corrected chi connectivity index (χ2v) is 6.89. The lowest BCUT2D eigenvalue weighted by molar-refractivity contribution is -0.131. The molecule has 0 fully saturated rings. The third-order valence-corrected chi connectivity index (χ3v) is 5.28. The van der Waals surface area contributed by atoms with Crippen molar-refractivity contribution in [2.45, 2.75) is 19.4 Å². The molecule has 144 valence electrons. The van der Waals surface area contributed by atoms with Crippen molar-refractivity contribution < 1.29 is 19.1 Å². The highest BCUT2D eigenvalue weighted by Crippen LogP contribution is 2.29. The lowest BCUT2D eigenvalue weighted by Crippen LogP contribution is -2.36. The molecular formula is C22H22N2O4. The van der Waals surface area contributed by atoms with Crippen LogP contribution in [0.1, 0.15) is 27.2 Å². The van der Waals surface area contributed by atoms with Crippen LogP contribution in [0.25, 0.3) is 10.9 Å². The van der Waals surface area contributed by atoms with Crippen molar-refractivity contribution in [3.8, 4) is 5.75 Å². The standard InChI is InChI=1S/C22H22N2O4/c1-27-20-6-4-3-5-14(20)12-21(25)24-10-9-19-17(13-24)16-11-15(22(26)28-2)7-8-18(16)23-19/h3-8,11,23H,9-10,12-13H2,1-2H3. The average Bonchev–Trinajstić information content (AvgIpc) is 3.10. The number of esters is 1. The number of aromatic nitrogens is 1. The van der Waals surface area contributed by atoms with Crippen molar-refractivity contribution >= 4 is 22.8 Å². The van der Waals surface area contributed by atoms with Crippen LogP contribution in [0.4, 0.5) is 0 Å². The summed E-state index contributed by atoms with van der Waals surface area (Å²) in [6.07, 6.45) is 1.06. The second kappa shape index (κ2) is 7.38. The Kier molecular flexibility index (Phi) is 4.77. The Balaban J connectivity index is 1.59. The van der Waals surface area contributed by atoms with E-state index in [4.69, 9.17) is 9.47 Å². The normalized spacial score (nSPS) is 13.3. The van der Waals surface area contributed by atoms with E-state index in [0.29, 0.717) is 25.1 Å². The minimum Gasteiger partial charge on any atom is -0.496 e. The molecule has 1 amide bonds. The number of amides is 1. The first-order chi connectivity index (χ1) is 13.6. The molecule has 0 saturated carbocycles. The van der Waals surface area contributed by atoms with Crippen molar-refractivity contribution in [3.05, 3.63) is 64.8 Å². The first kappa shape index (κ1) is 18.1. The number of rotatable bonds is 4. The summed E-state index contributed by atoms with van der Waals surface area (Å²) in [6.45, 7) is 1.19. The van der Waals surface area contributed by atoms with E-state index in [-0.39, 0.29) is 11.9 Å². The third kappa shape index (κ3) is 3.22. The van der Waals surface area contributed by atoms with Crippen LogP contribution in [0.2, 0.25) is 0 Å². The van der Waals surface area contributed by atoms with E-state index in [1.807, 2.05) is 41.3 Å². The molecule has 0 spiro atoms. The van der Waals surface area contributed by atoms with E-state index in [0.717, 1.165) is 39.9 Å². The molecule has 1 aromatic heterocycles. The van der Waals surface area contributed by atoms with Gasteiger partial charge < -0.3 is 19.4 Å². The third-order valence-electron chi connectivity index (χ3n) is 5.28. The van der Waals surface area contributed by atoms with Crippen LogP contribution in [0.3, 0.4) is 0 Å². The predicted octanol–water partition coefficient (Wildman–Crippen LogP) is 3.09. The number of hydrogen-bond donors (Lipinski definition) is 1. The maximum absolute atomic E-state index is 12.9. The van der Waals surface area contributed by atoms with Crippen molar-refractivity contribution in [3.63, 3.8) is 0 Å². The maximum Gasteiger partial charge on any atom is 0.337 e. The maximum atomic E-state index is 12.9. The molecule has 6 nitrogen and oxygen atoms in total. The summed E-state index contributed by atoms with van der Waals surface area (Å²) in [5.74, 6) is 0.425. The summed E-state index contributed by atoms with van der Waals surface area (Å²) in [4.78, 5) is 30.1. The number of aromatic amines is 1. The first-order valence-electron chi connectivity index (χ1n) is 9.22. The molecule has 3 aromatic rings. The Hall–Kier alpha value is -3.28. The lowest BCUT2D eigenvalue weighted by atomic mass is 10.0. The van der Waals surface area contributed by atoms with Gasteiger partial charge in [-0.1, -0.05) is 18.2 Å². The topological polar surface area (TPSA) is 71.6 Å². The second-order valence-electron chi connectivity index (χ2n) is 6.89. The van der Waals surface area contributed by atoms with Gasteiger partial charge in [-0.2, -0.15) is 0 Å². The number of carbonyl (C=O) groups excluding carboxylic acids is 2. The number of para-hydroxylation sites is 1. The van der Waals surface area contributed by atoms with E-state index in [2.05, 4.69) is 4.98 Å². The quantitative estimate of drug-likeness (QED) is 0.708. The zero-order valence-electron chi connectivity index (χ0n) is 16.0. The molecule has 2 heterocycles. The number of nitrogens with one attached hydrogen (secondary N) is 1. The minimum absolute atomic E-state index is 0.0635. The molecule has 0 unspecified atom stereocenters. The molecule has 2 aromatic carbocycles. The fourth-order valence-corrected chi connectivity index (χ4v) is 3.80. The van der Waals surface area contributed by atoms with Crippen LogP contribution >= 0.6 is 0 Å². The van der Waals surface area contributed by atoms with Crippen LogP contribution in [0.5, 0.6) is 5.75 Å². The zero-order valence-corrected chi connectivity index (χ0v) is 16.0. The van der Waals surface area contributed by atoms with Crippen LogP contribution in [-0.2, 0) is 28.9 Å². The van der Waals surface area contributed by atoms with E-state index >= 15 is 0 Å². The summed E-state index contributed by atoms with van der Waals surface area (Å²) in [6, 6.07) is 13.1. The van der Waals surface area contributed by atoms with Crippen LogP contribution in [0.15, 0.2) is 42.5 Å². The van der Waals surface area contributed by atoms with Crippen LogP contribution in [-0.4, -0.2) is 42.5 Å². The summed E-state index contributed by atoms with van der Waals surface area (Å²) in [7, 11) is 2.98. The highest BCUT2D eigenvalue weighted by Gasteiger charge is 2.25. The van der Waals surface area contributed by atoms with Crippen LogP contribution < -0.4 is 4.74 Å². The Morgan fingerprint density at radius 1 is 1.14 bits per heavy atom. The molecule has 0 atom stereocenters. The van der Waals surface area contributed by atoms with Crippen molar-refractivity contribution in [2.24, 2.45) is 0 Å². The molecular weight excluding hydrogens is 356 g/mol. The van der Waals surface area contributed by atoms with E-state index < -0.39 is 0 Å². The van der Waals surface area contributed by atoms with Crippen molar-refractivity contribution in [1.82, 2.24) is 9.88 Å². The van der Waals surface area contributed by atoms with E-state index in [9.17, 15) is 9.59 Å². The number of methoxy groups -OCH3 is 2. The lowest BCUT2D eigenvalue weighted by Gasteiger charge is -2.27. The molecule has 0 aliphatic carbocycles. The van der Waals surface area contributed by atoms with Gasteiger partial charge in [-0.3, -0.25) is 4.79 Å². The summed E-state index contributed by atoms with van der Waals surface area (Å²) >= 11 is 0. The largest absolute Gasteiger partial charge is 0.496 e. The molecule has 1 N–H and O–H groups in total. The van der Waals surface area contributed by atoms with E-state index in [1.165, 1.54) is 7.11 Å². The minimum atomic E-state index is -0.364. The SMILES string of the molecule is COC(=O)c1ccc2[nH]c3c(c2c1)CN(C(=O)Cc1ccccc1OC)CC3. The first-order valence-corrected chi connectivity index (χ1v) is 9.22. The van der Waals surface area contributed by atoms with Crippen molar-refractivity contribution in [1.29, 1.82) is 0 Å². The Morgan fingerprint density at radius 2 is 1.96 bits per heavy atom. The highest BCUT2D eigenvalue weighted by molar-refractivity contribution is 5.96. The number of H-pyrrole nitrogens is 1. The Bertz CT molecular complexity index is 1050. The van der Waals surface area contributed by atoms with Gasteiger partial charge in [0.15, 0.2) is 0 Å². The number of ether oxygens (including phenoxy) is 2. The molecule has 1 aliphatic rings. The monoisotopic (exact) mass is 378 g/mol. The zero-order chi connectivity index (χ0) is 19.7. The number of fused-ring (bicyclic) bond motifs is 3. The molecule has 28 heavy (non-hydrogen) atoms. The van der Waals surface area contributed by atoms with Crippen LogP contribution in [0, 0.1) is 0 Å². The van der Waals surface area contributed by atoms with Gasteiger partial charge in [0.1, 0.15) is 5.75 Å². The molecule has 0 bridgehead atoms. The Labute approximate surface area is 163 Å². The molecule has 1 aliphatic heterocycles. The molecule has 0 saturated heterocycles. The fourth-order valence-electron chi connectivity index (χ4n) is 3.80. The average molecular weight is 378 g/mol. The molecule has 4 rings (SSSR count). The van der Waals surface area contributed by atoms with Gasteiger partial charge in [-0.25, -0.2) is 4.79 Å². The van der Waals surface area contributed by atoms with Gasteiger partial charge in [0.05, 0.1) is 26.2 Å². The smallest absolute Gasteiger partial charge is 0.337 e. The number of carbonyl (C=O) groups is 2.